The molecular formula is C20H24N4O4S. The zero-order valence-corrected chi connectivity index (χ0v) is 17.7. The number of nitrogens with one attached hydrogen (secondary N) is 1. The lowest BCUT2D eigenvalue weighted by Gasteiger charge is -2.14. The Labute approximate surface area is 171 Å². The molecule has 3 aromatic rings. The van der Waals surface area contributed by atoms with Gasteiger partial charge in [0.1, 0.15) is 5.25 Å². The fourth-order valence-electron chi connectivity index (χ4n) is 2.99. The minimum Gasteiger partial charge on any atom is -0.465 e. The summed E-state index contributed by atoms with van der Waals surface area (Å²) >= 11 is 1.24. The van der Waals surface area contributed by atoms with Crippen LogP contribution in [0, 0.1) is 6.92 Å². The van der Waals surface area contributed by atoms with Crippen LogP contribution in [0.3, 0.4) is 0 Å². The lowest BCUT2D eigenvalue weighted by Crippen LogP contribution is -2.29. The van der Waals surface area contributed by atoms with Gasteiger partial charge in [0.05, 0.1) is 13.2 Å². The molecule has 8 nitrogen and oxygen atoms in total. The summed E-state index contributed by atoms with van der Waals surface area (Å²) < 4.78 is 8.22. The molecule has 2 heterocycles. The molecule has 3 rings (SSSR count). The van der Waals surface area contributed by atoms with E-state index in [1.807, 2.05) is 38.1 Å². The average molecular weight is 417 g/mol. The number of ether oxygens (including phenoxy) is 1. The van der Waals surface area contributed by atoms with Gasteiger partial charge in [-0.25, -0.2) is 9.78 Å². The second kappa shape index (κ2) is 8.69. The van der Waals surface area contributed by atoms with Gasteiger partial charge < -0.3 is 9.30 Å². The van der Waals surface area contributed by atoms with Crippen LogP contribution < -0.4 is 11.2 Å². The first-order chi connectivity index (χ1) is 13.8. The summed E-state index contributed by atoms with van der Waals surface area (Å²) in [4.78, 5) is 43.8. The largest absolute Gasteiger partial charge is 0.465 e. The first kappa shape index (κ1) is 20.9. The van der Waals surface area contributed by atoms with Crippen LogP contribution in [0.15, 0.2) is 39.0 Å². The number of imidazole rings is 1. The first-order valence-electron chi connectivity index (χ1n) is 9.44. The Balaban J connectivity index is 2.14. The number of carbonyl (C=O) groups is 1. The molecule has 1 N–H and O–H groups in total. The van der Waals surface area contributed by atoms with Crippen molar-refractivity contribution in [1.82, 2.24) is 19.1 Å². The van der Waals surface area contributed by atoms with E-state index >= 15 is 0 Å². The first-order valence-corrected chi connectivity index (χ1v) is 10.3. The summed E-state index contributed by atoms with van der Waals surface area (Å²) in [5.74, 6) is -0.322. The molecule has 1 aromatic carbocycles. The van der Waals surface area contributed by atoms with E-state index in [2.05, 4.69) is 9.97 Å². The Morgan fingerprint density at radius 1 is 1.24 bits per heavy atom. The Kier molecular flexibility index (Phi) is 6.26. The average Bonchev–Trinajstić information content (AvgIpc) is 3.04. The number of hydrogen-bond acceptors (Lipinski definition) is 6. The van der Waals surface area contributed by atoms with Gasteiger partial charge in [-0.3, -0.25) is 19.1 Å². The number of benzene rings is 1. The standard InChI is InChI=1S/C20H24N4O4S/c1-5-14(18(26)28-6-2)29-20-21-16-15(17(25)22-19(27)23(16)4)24(20)11-13-9-7-12(3)8-10-13/h7-10,14H,5-6,11H2,1-4H3,(H,22,25,27)/t14-/m0/s1. The third-order valence-corrected chi connectivity index (χ3v) is 5.93. The molecule has 0 aliphatic carbocycles. The van der Waals surface area contributed by atoms with E-state index < -0.39 is 16.5 Å². The fraction of sp³-hybridized carbons (Fsp3) is 0.400. The number of aromatic amines is 1. The Morgan fingerprint density at radius 2 is 1.93 bits per heavy atom. The van der Waals surface area contributed by atoms with Gasteiger partial charge in [0.25, 0.3) is 5.56 Å². The van der Waals surface area contributed by atoms with Crippen molar-refractivity contribution in [3.8, 4) is 0 Å². The van der Waals surface area contributed by atoms with Crippen molar-refractivity contribution in [2.75, 3.05) is 6.61 Å². The second-order valence-electron chi connectivity index (χ2n) is 6.72. The highest BCUT2D eigenvalue weighted by atomic mass is 32.2. The SMILES string of the molecule is CCOC(=O)[C@H](CC)Sc1nc2c(c(=O)[nH]c(=O)n2C)n1Cc1ccc(C)cc1. The monoisotopic (exact) mass is 416 g/mol. The molecule has 0 radical (unpaired) electrons. The summed E-state index contributed by atoms with van der Waals surface area (Å²) in [6, 6.07) is 7.95. The van der Waals surface area contributed by atoms with Crippen LogP contribution >= 0.6 is 11.8 Å². The fourth-order valence-corrected chi connectivity index (χ4v) is 4.00. The van der Waals surface area contributed by atoms with Gasteiger partial charge in [0.2, 0.25) is 0 Å². The highest BCUT2D eigenvalue weighted by Gasteiger charge is 2.25. The molecule has 0 saturated carbocycles. The summed E-state index contributed by atoms with van der Waals surface area (Å²) in [7, 11) is 1.56. The summed E-state index contributed by atoms with van der Waals surface area (Å²) in [6.07, 6.45) is 0.548. The molecule has 154 valence electrons. The van der Waals surface area contributed by atoms with Gasteiger partial charge in [-0.2, -0.15) is 0 Å². The topological polar surface area (TPSA) is 99.0 Å². The Hall–Kier alpha value is -2.81. The number of esters is 1. The zero-order chi connectivity index (χ0) is 21.1. The summed E-state index contributed by atoms with van der Waals surface area (Å²) in [5, 5.41) is 0.0341. The number of fused-ring (bicyclic) bond motifs is 1. The molecule has 0 aliphatic heterocycles. The number of H-pyrrole nitrogens is 1. The van der Waals surface area contributed by atoms with Gasteiger partial charge >= 0.3 is 11.7 Å². The molecule has 0 aliphatic rings. The van der Waals surface area contributed by atoms with Gasteiger partial charge in [0, 0.05) is 7.05 Å². The van der Waals surface area contributed by atoms with Crippen LogP contribution in [0.4, 0.5) is 0 Å². The van der Waals surface area contributed by atoms with Crippen LogP contribution in [0.1, 0.15) is 31.4 Å². The van der Waals surface area contributed by atoms with Gasteiger partial charge in [-0.15, -0.1) is 0 Å². The summed E-state index contributed by atoms with van der Waals surface area (Å²) in [6.45, 7) is 6.34. The van der Waals surface area contributed by atoms with Gasteiger partial charge in [0.15, 0.2) is 16.3 Å². The van der Waals surface area contributed by atoms with Gasteiger partial charge in [-0.05, 0) is 25.8 Å². The van der Waals surface area contributed by atoms with Crippen LogP contribution in [0.25, 0.3) is 11.2 Å². The van der Waals surface area contributed by atoms with Gasteiger partial charge in [-0.1, -0.05) is 48.5 Å². The molecule has 29 heavy (non-hydrogen) atoms. The number of nitrogens with zero attached hydrogens (tertiary/aromatic N) is 3. The van der Waals surface area contributed by atoms with Crippen molar-refractivity contribution in [2.45, 2.75) is 44.1 Å². The smallest absolute Gasteiger partial charge is 0.329 e. The van der Waals surface area contributed by atoms with E-state index in [0.29, 0.717) is 30.2 Å². The molecule has 0 saturated heterocycles. The van der Waals surface area contributed by atoms with Crippen molar-refractivity contribution in [1.29, 1.82) is 0 Å². The minimum absolute atomic E-state index is 0.284. The quantitative estimate of drug-likeness (QED) is 0.468. The van der Waals surface area contributed by atoms with Crippen molar-refractivity contribution in [3.05, 3.63) is 56.2 Å². The van der Waals surface area contributed by atoms with Crippen LogP contribution in [-0.4, -0.2) is 36.9 Å². The molecule has 9 heteroatoms. The molecule has 0 bridgehead atoms. The van der Waals surface area contributed by atoms with Crippen molar-refractivity contribution in [3.63, 3.8) is 0 Å². The van der Waals surface area contributed by atoms with Crippen molar-refractivity contribution in [2.24, 2.45) is 7.05 Å². The minimum atomic E-state index is -0.531. The molecule has 0 spiro atoms. The number of thioether (sulfide) groups is 1. The maximum atomic E-state index is 12.6. The van der Waals surface area contributed by atoms with Crippen molar-refractivity contribution >= 4 is 28.9 Å². The Morgan fingerprint density at radius 3 is 2.55 bits per heavy atom. The zero-order valence-electron chi connectivity index (χ0n) is 16.9. The van der Waals surface area contributed by atoms with Crippen LogP contribution in [0.2, 0.25) is 0 Å². The highest BCUT2D eigenvalue weighted by molar-refractivity contribution is 8.00. The normalized spacial score (nSPS) is 12.3. The molecular weight excluding hydrogens is 392 g/mol. The predicted octanol–water partition coefficient (Wildman–Crippen LogP) is 2.21. The third-order valence-electron chi connectivity index (χ3n) is 4.60. The number of hydrogen-bond donors (Lipinski definition) is 1. The molecule has 0 amide bonds. The number of rotatable bonds is 7. The molecule has 1 atom stereocenters. The number of aryl methyl sites for hydroxylation is 2. The lowest BCUT2D eigenvalue weighted by molar-refractivity contribution is -0.142. The second-order valence-corrected chi connectivity index (χ2v) is 7.89. The molecule has 0 fully saturated rings. The molecule has 0 unspecified atom stereocenters. The predicted molar refractivity (Wildman–Crippen MR) is 112 cm³/mol. The summed E-state index contributed by atoms with van der Waals surface area (Å²) in [5.41, 5.74) is 1.66. The maximum Gasteiger partial charge on any atom is 0.329 e. The van der Waals surface area contributed by atoms with Crippen LogP contribution in [0.5, 0.6) is 0 Å². The van der Waals surface area contributed by atoms with E-state index in [-0.39, 0.29) is 11.6 Å². The van der Waals surface area contributed by atoms with E-state index in [1.165, 1.54) is 16.3 Å². The third kappa shape index (κ3) is 4.29. The van der Waals surface area contributed by atoms with Crippen molar-refractivity contribution < 1.29 is 9.53 Å². The highest BCUT2D eigenvalue weighted by Crippen LogP contribution is 2.28. The van der Waals surface area contributed by atoms with E-state index in [4.69, 9.17) is 4.74 Å². The number of aromatic nitrogens is 4. The van der Waals surface area contributed by atoms with E-state index in [9.17, 15) is 14.4 Å². The van der Waals surface area contributed by atoms with E-state index in [0.717, 1.165) is 11.1 Å². The lowest BCUT2D eigenvalue weighted by atomic mass is 10.1. The molecule has 2 aromatic heterocycles. The van der Waals surface area contributed by atoms with E-state index in [1.54, 1.807) is 18.5 Å². The maximum absolute atomic E-state index is 12.6. The van der Waals surface area contributed by atoms with Crippen LogP contribution in [-0.2, 0) is 23.1 Å². The Bertz CT molecular complexity index is 1140. The number of carbonyl (C=O) groups excluding carboxylic acids is 1.